The smallest absolute Gasteiger partial charge is 0.303 e. The first-order chi connectivity index (χ1) is 18.3. The van der Waals surface area contributed by atoms with Gasteiger partial charge in [0.1, 0.15) is 5.75 Å². The monoisotopic (exact) mass is 548 g/mol. The Kier molecular flexibility index (Phi) is 20.4. The third-order valence-electron chi connectivity index (χ3n) is 7.42. The van der Waals surface area contributed by atoms with Gasteiger partial charge in [-0.3, -0.25) is 4.79 Å². The lowest BCUT2D eigenvalue weighted by molar-refractivity contribution is -0.136. The number of carboxylic acids is 1. The molecule has 0 spiro atoms. The second kappa shape index (κ2) is 21.2. The molecule has 0 aliphatic rings. The molecule has 1 aromatic rings. The number of aryl methyl sites for hydroxylation is 1. The summed E-state index contributed by atoms with van der Waals surface area (Å²) in [6.45, 7) is 15.0. The standard InChI is InChI=1S/C18H38O.C17H26O3/c1-2-3-4-5-6-7-8-9-10-11-12-13-14-15-16-17-18-19;1-16(2,3)12-9-11(7-8-14(18)19)10-13(15(12)20)17(4,5)6/h19H,2-18H2,1H3;9-10,20H,7-8H2,1-6H3,(H,18,19). The highest BCUT2D eigenvalue weighted by Gasteiger charge is 2.26. The molecule has 0 fully saturated rings. The van der Waals surface area contributed by atoms with E-state index in [4.69, 9.17) is 10.2 Å². The fraction of sp³-hybridized carbons (Fsp3) is 0.800. The van der Waals surface area contributed by atoms with E-state index in [2.05, 4.69) is 48.5 Å². The van der Waals surface area contributed by atoms with Crippen molar-refractivity contribution in [1.82, 2.24) is 0 Å². The molecule has 0 amide bonds. The van der Waals surface area contributed by atoms with Crippen molar-refractivity contribution in [2.45, 2.75) is 175 Å². The minimum Gasteiger partial charge on any atom is -0.507 e. The van der Waals surface area contributed by atoms with Crippen molar-refractivity contribution in [3.05, 3.63) is 28.8 Å². The van der Waals surface area contributed by atoms with Crippen LogP contribution in [-0.2, 0) is 22.0 Å². The summed E-state index contributed by atoms with van der Waals surface area (Å²) in [5, 5.41) is 28.1. The topological polar surface area (TPSA) is 77.8 Å². The molecular weight excluding hydrogens is 484 g/mol. The van der Waals surface area contributed by atoms with Crippen LogP contribution in [0.4, 0.5) is 0 Å². The Balaban J connectivity index is 0.000000742. The lowest BCUT2D eigenvalue weighted by Gasteiger charge is -2.28. The van der Waals surface area contributed by atoms with Crippen molar-refractivity contribution in [1.29, 1.82) is 0 Å². The zero-order chi connectivity index (χ0) is 29.7. The Morgan fingerprint density at radius 3 is 1.26 bits per heavy atom. The molecule has 0 aliphatic heterocycles. The number of aliphatic hydroxyl groups excluding tert-OH is 1. The van der Waals surface area contributed by atoms with Gasteiger partial charge in [-0.1, -0.05) is 157 Å². The van der Waals surface area contributed by atoms with Crippen molar-refractivity contribution >= 4 is 5.97 Å². The maximum Gasteiger partial charge on any atom is 0.303 e. The first kappa shape index (κ1) is 37.5. The molecular formula is C35H64O4. The molecule has 1 aromatic carbocycles. The summed E-state index contributed by atoms with van der Waals surface area (Å²) >= 11 is 0. The number of unbranched alkanes of at least 4 members (excludes halogenated alkanes) is 15. The predicted octanol–water partition coefficient (Wildman–Crippen LogP) is 10.2. The molecule has 0 bridgehead atoms. The maximum absolute atomic E-state index is 10.8. The van der Waals surface area contributed by atoms with Crippen LogP contribution < -0.4 is 0 Å². The van der Waals surface area contributed by atoms with Crippen molar-refractivity contribution in [2.75, 3.05) is 6.61 Å². The first-order valence-electron chi connectivity index (χ1n) is 16.0. The van der Waals surface area contributed by atoms with Gasteiger partial charge < -0.3 is 15.3 Å². The Hall–Kier alpha value is -1.55. The van der Waals surface area contributed by atoms with E-state index in [-0.39, 0.29) is 17.3 Å². The van der Waals surface area contributed by atoms with E-state index >= 15 is 0 Å². The summed E-state index contributed by atoms with van der Waals surface area (Å²) in [6.07, 6.45) is 22.8. The van der Waals surface area contributed by atoms with Gasteiger partial charge in [0.25, 0.3) is 0 Å². The number of benzene rings is 1. The van der Waals surface area contributed by atoms with Crippen LogP contribution in [0, 0.1) is 0 Å². The minimum atomic E-state index is -0.798. The first-order valence-corrected chi connectivity index (χ1v) is 16.0. The van der Waals surface area contributed by atoms with E-state index < -0.39 is 5.97 Å². The molecule has 4 nitrogen and oxygen atoms in total. The second-order valence-corrected chi connectivity index (χ2v) is 13.5. The van der Waals surface area contributed by atoms with Crippen molar-refractivity contribution in [2.24, 2.45) is 0 Å². The predicted molar refractivity (Wildman–Crippen MR) is 168 cm³/mol. The molecule has 39 heavy (non-hydrogen) atoms. The van der Waals surface area contributed by atoms with E-state index in [1.807, 2.05) is 12.1 Å². The zero-order valence-corrected chi connectivity index (χ0v) is 26.8. The zero-order valence-electron chi connectivity index (χ0n) is 26.8. The molecule has 0 radical (unpaired) electrons. The van der Waals surface area contributed by atoms with Gasteiger partial charge >= 0.3 is 5.97 Å². The van der Waals surface area contributed by atoms with Crippen LogP contribution in [-0.4, -0.2) is 27.9 Å². The Morgan fingerprint density at radius 2 is 0.974 bits per heavy atom. The van der Waals surface area contributed by atoms with Gasteiger partial charge in [0.05, 0.1) is 0 Å². The number of phenols is 1. The van der Waals surface area contributed by atoms with Crippen molar-refractivity contribution < 1.29 is 20.1 Å². The van der Waals surface area contributed by atoms with E-state index in [1.165, 1.54) is 96.3 Å². The summed E-state index contributed by atoms with van der Waals surface area (Å²) in [5.74, 6) is -0.461. The third kappa shape index (κ3) is 19.2. The minimum absolute atomic E-state index is 0.109. The number of hydrogen-bond donors (Lipinski definition) is 3. The number of hydrogen-bond acceptors (Lipinski definition) is 3. The summed E-state index contributed by atoms with van der Waals surface area (Å²) in [6, 6.07) is 3.88. The van der Waals surface area contributed by atoms with Gasteiger partial charge in [-0.05, 0) is 40.4 Å². The van der Waals surface area contributed by atoms with Gasteiger partial charge in [-0.2, -0.15) is 0 Å². The number of aliphatic carboxylic acids is 1. The summed E-state index contributed by atoms with van der Waals surface area (Å²) < 4.78 is 0. The highest BCUT2D eigenvalue weighted by molar-refractivity contribution is 5.67. The number of rotatable bonds is 19. The molecule has 0 unspecified atom stereocenters. The van der Waals surface area contributed by atoms with Gasteiger partial charge in [0.2, 0.25) is 0 Å². The van der Waals surface area contributed by atoms with Crippen molar-refractivity contribution in [3.8, 4) is 5.75 Å². The van der Waals surface area contributed by atoms with Crippen LogP contribution in [0.3, 0.4) is 0 Å². The molecule has 0 saturated carbocycles. The molecule has 0 saturated heterocycles. The van der Waals surface area contributed by atoms with Crippen LogP contribution in [0.25, 0.3) is 0 Å². The Morgan fingerprint density at radius 1 is 0.641 bits per heavy atom. The van der Waals surface area contributed by atoms with Crippen LogP contribution in [0.15, 0.2) is 12.1 Å². The van der Waals surface area contributed by atoms with E-state index in [0.29, 0.717) is 18.8 Å². The lowest BCUT2D eigenvalue weighted by atomic mass is 9.78. The van der Waals surface area contributed by atoms with Crippen LogP contribution >= 0.6 is 0 Å². The molecule has 1 rings (SSSR count). The third-order valence-corrected chi connectivity index (χ3v) is 7.42. The summed E-state index contributed by atoms with van der Waals surface area (Å²) in [4.78, 5) is 10.8. The summed E-state index contributed by atoms with van der Waals surface area (Å²) in [7, 11) is 0. The normalized spacial score (nSPS) is 11.8. The Labute approximate surface area is 242 Å². The highest BCUT2D eigenvalue weighted by Crippen LogP contribution is 2.40. The van der Waals surface area contributed by atoms with E-state index in [1.54, 1.807) is 0 Å². The number of aromatic hydroxyl groups is 1. The number of phenolic OH excluding ortho intramolecular Hbond substituents is 1. The molecule has 0 atom stereocenters. The largest absolute Gasteiger partial charge is 0.507 e. The van der Waals surface area contributed by atoms with Crippen LogP contribution in [0.5, 0.6) is 5.75 Å². The SMILES string of the molecule is CC(C)(C)c1cc(CCC(=O)O)cc(C(C)(C)C)c1O.CCCCCCCCCCCCCCCCCCO. The lowest BCUT2D eigenvalue weighted by Crippen LogP contribution is -2.18. The van der Waals surface area contributed by atoms with Gasteiger partial charge in [-0.15, -0.1) is 0 Å². The maximum atomic E-state index is 10.8. The van der Waals surface area contributed by atoms with Gasteiger partial charge in [-0.25, -0.2) is 0 Å². The van der Waals surface area contributed by atoms with Gasteiger partial charge in [0, 0.05) is 13.0 Å². The average Bonchev–Trinajstić information content (AvgIpc) is 2.84. The number of aliphatic hydroxyl groups is 1. The second-order valence-electron chi connectivity index (χ2n) is 13.5. The molecule has 0 heterocycles. The fourth-order valence-electron chi connectivity index (χ4n) is 4.89. The Bertz CT molecular complexity index is 704. The van der Waals surface area contributed by atoms with Crippen LogP contribution in [0.1, 0.15) is 174 Å². The van der Waals surface area contributed by atoms with E-state index in [0.717, 1.165) is 23.1 Å². The molecule has 4 heteroatoms. The quantitative estimate of drug-likeness (QED) is 0.150. The number of carbonyl (C=O) groups is 1. The molecule has 3 N–H and O–H groups in total. The fourth-order valence-corrected chi connectivity index (χ4v) is 4.89. The molecule has 0 aromatic heterocycles. The molecule has 228 valence electrons. The highest BCUT2D eigenvalue weighted by atomic mass is 16.4. The molecule has 0 aliphatic carbocycles. The van der Waals surface area contributed by atoms with Crippen LogP contribution in [0.2, 0.25) is 0 Å². The van der Waals surface area contributed by atoms with Crippen molar-refractivity contribution in [3.63, 3.8) is 0 Å². The number of carboxylic acid groups (broad SMARTS) is 1. The van der Waals surface area contributed by atoms with E-state index in [9.17, 15) is 9.90 Å². The average molecular weight is 549 g/mol. The van der Waals surface area contributed by atoms with Gasteiger partial charge in [0.15, 0.2) is 0 Å². The summed E-state index contributed by atoms with van der Waals surface area (Å²) in [5.41, 5.74) is 2.38.